The van der Waals surface area contributed by atoms with Gasteiger partial charge in [0.25, 0.3) is 0 Å². The van der Waals surface area contributed by atoms with Crippen LogP contribution in [0.25, 0.3) is 0 Å². The third-order valence-corrected chi connectivity index (χ3v) is 2.99. The Morgan fingerprint density at radius 3 is 2.81 bits per heavy atom. The molecule has 2 unspecified atom stereocenters. The van der Waals surface area contributed by atoms with E-state index in [4.69, 9.17) is 9.47 Å². The molecule has 0 aromatic heterocycles. The first-order valence-electron chi connectivity index (χ1n) is 6.17. The number of carbonyl (C=O) groups excluding carboxylic acids is 1. The minimum absolute atomic E-state index is 0.120. The molecule has 0 bridgehead atoms. The second-order valence-corrected chi connectivity index (χ2v) is 4.25. The van der Waals surface area contributed by atoms with Crippen molar-refractivity contribution in [2.75, 3.05) is 26.8 Å². The molecule has 0 aromatic rings. The Bertz CT molecular complexity index is 214. The topological polar surface area (TPSA) is 38.8 Å². The summed E-state index contributed by atoms with van der Waals surface area (Å²) in [5, 5.41) is 0. The van der Waals surface area contributed by atoms with Gasteiger partial charge in [-0.05, 0) is 33.2 Å². The molecule has 0 aromatic carbocycles. The predicted octanol–water partition coefficient (Wildman–Crippen LogP) is 1.44. The van der Waals surface area contributed by atoms with Crippen LogP contribution in [0.4, 0.5) is 0 Å². The van der Waals surface area contributed by atoms with Crippen LogP contribution in [0.15, 0.2) is 0 Å². The average molecular weight is 229 g/mol. The first-order chi connectivity index (χ1) is 7.69. The summed E-state index contributed by atoms with van der Waals surface area (Å²) in [6.07, 6.45) is 3.30. The summed E-state index contributed by atoms with van der Waals surface area (Å²) < 4.78 is 10.6. The summed E-state index contributed by atoms with van der Waals surface area (Å²) in [5.41, 5.74) is 0. The van der Waals surface area contributed by atoms with Crippen LogP contribution >= 0.6 is 0 Å². The summed E-state index contributed by atoms with van der Waals surface area (Å²) in [4.78, 5) is 13.7. The number of nitrogens with zero attached hydrogens (tertiary/aromatic N) is 1. The normalized spacial score (nSPS) is 22.4. The fourth-order valence-electron chi connectivity index (χ4n) is 2.13. The van der Waals surface area contributed by atoms with Gasteiger partial charge in [0, 0.05) is 13.2 Å². The van der Waals surface area contributed by atoms with E-state index in [0.29, 0.717) is 6.61 Å². The van der Waals surface area contributed by atoms with Crippen molar-refractivity contribution in [3.05, 3.63) is 0 Å². The van der Waals surface area contributed by atoms with Crippen LogP contribution in [0.5, 0.6) is 0 Å². The smallest absolute Gasteiger partial charge is 0.323 e. The number of carbonyl (C=O) groups is 1. The molecular weight excluding hydrogens is 206 g/mol. The van der Waals surface area contributed by atoms with Gasteiger partial charge >= 0.3 is 5.97 Å². The van der Waals surface area contributed by atoms with Crippen molar-refractivity contribution in [2.45, 2.75) is 45.3 Å². The van der Waals surface area contributed by atoms with Crippen molar-refractivity contribution in [3.8, 4) is 0 Å². The zero-order valence-electron chi connectivity index (χ0n) is 10.6. The lowest BCUT2D eigenvalue weighted by atomic mass is 10.1. The standard InChI is InChI=1S/C12H23NO3/c1-4-11(12(14)15-5-2)13(3)9-10-7-6-8-16-10/h10-11H,4-9H2,1-3H3. The Morgan fingerprint density at radius 1 is 1.56 bits per heavy atom. The average Bonchev–Trinajstić information content (AvgIpc) is 2.71. The lowest BCUT2D eigenvalue weighted by molar-refractivity contribution is -0.149. The maximum atomic E-state index is 11.7. The van der Waals surface area contributed by atoms with Crippen LogP contribution in [0, 0.1) is 0 Å². The molecule has 0 radical (unpaired) electrons. The predicted molar refractivity (Wildman–Crippen MR) is 62.3 cm³/mol. The van der Waals surface area contributed by atoms with Gasteiger partial charge in [0.05, 0.1) is 12.7 Å². The van der Waals surface area contributed by atoms with E-state index in [2.05, 4.69) is 0 Å². The Labute approximate surface area is 97.9 Å². The number of hydrogen-bond donors (Lipinski definition) is 0. The number of ether oxygens (including phenoxy) is 2. The SMILES string of the molecule is CCOC(=O)C(CC)N(C)CC1CCCO1. The van der Waals surface area contributed by atoms with E-state index < -0.39 is 0 Å². The van der Waals surface area contributed by atoms with Gasteiger partial charge in [0.1, 0.15) is 6.04 Å². The lowest BCUT2D eigenvalue weighted by Gasteiger charge is -2.27. The molecule has 0 amide bonds. The van der Waals surface area contributed by atoms with Gasteiger partial charge in [-0.2, -0.15) is 0 Å². The van der Waals surface area contributed by atoms with E-state index in [1.54, 1.807) is 0 Å². The van der Waals surface area contributed by atoms with Crippen molar-refractivity contribution in [1.29, 1.82) is 0 Å². The highest BCUT2D eigenvalue weighted by Crippen LogP contribution is 2.15. The molecule has 94 valence electrons. The van der Waals surface area contributed by atoms with E-state index in [1.807, 2.05) is 25.8 Å². The Balaban J connectivity index is 2.41. The molecule has 0 aliphatic carbocycles. The van der Waals surface area contributed by atoms with Gasteiger partial charge in [-0.1, -0.05) is 6.92 Å². The molecule has 4 heteroatoms. The van der Waals surface area contributed by atoms with Gasteiger partial charge in [-0.3, -0.25) is 9.69 Å². The Kier molecular flexibility index (Phi) is 5.77. The maximum absolute atomic E-state index is 11.7. The third-order valence-electron chi connectivity index (χ3n) is 2.99. The van der Waals surface area contributed by atoms with E-state index in [0.717, 1.165) is 32.4 Å². The monoisotopic (exact) mass is 229 g/mol. The largest absolute Gasteiger partial charge is 0.465 e. The molecule has 1 saturated heterocycles. The fourth-order valence-corrected chi connectivity index (χ4v) is 2.13. The van der Waals surface area contributed by atoms with Crippen LogP contribution in [0.1, 0.15) is 33.1 Å². The second-order valence-electron chi connectivity index (χ2n) is 4.25. The number of rotatable bonds is 6. The van der Waals surface area contributed by atoms with Crippen LogP contribution in [-0.4, -0.2) is 49.8 Å². The van der Waals surface area contributed by atoms with Crippen molar-refractivity contribution in [1.82, 2.24) is 4.90 Å². The molecule has 4 nitrogen and oxygen atoms in total. The zero-order chi connectivity index (χ0) is 12.0. The summed E-state index contributed by atoms with van der Waals surface area (Å²) >= 11 is 0. The van der Waals surface area contributed by atoms with Crippen LogP contribution in [-0.2, 0) is 14.3 Å². The molecule has 1 fully saturated rings. The minimum atomic E-state index is -0.135. The first-order valence-corrected chi connectivity index (χ1v) is 6.17. The number of esters is 1. The molecule has 1 heterocycles. The molecule has 0 saturated carbocycles. The quantitative estimate of drug-likeness (QED) is 0.646. The Morgan fingerprint density at radius 2 is 2.31 bits per heavy atom. The molecule has 1 rings (SSSR count). The molecule has 0 N–H and O–H groups in total. The second kappa shape index (κ2) is 6.86. The van der Waals surface area contributed by atoms with E-state index in [-0.39, 0.29) is 18.1 Å². The molecule has 1 aliphatic heterocycles. The summed E-state index contributed by atoms with van der Waals surface area (Å²) in [7, 11) is 1.97. The summed E-state index contributed by atoms with van der Waals surface area (Å²) in [6.45, 7) is 5.97. The van der Waals surface area contributed by atoms with Crippen LogP contribution < -0.4 is 0 Å². The van der Waals surface area contributed by atoms with Gasteiger partial charge in [0.2, 0.25) is 0 Å². The molecular formula is C12H23NO3. The van der Waals surface area contributed by atoms with E-state index >= 15 is 0 Å². The highest BCUT2D eigenvalue weighted by Gasteiger charge is 2.26. The lowest BCUT2D eigenvalue weighted by Crippen LogP contribution is -2.42. The van der Waals surface area contributed by atoms with Crippen molar-refractivity contribution >= 4 is 5.97 Å². The first kappa shape index (κ1) is 13.5. The Hall–Kier alpha value is -0.610. The summed E-state index contributed by atoms with van der Waals surface area (Å²) in [5.74, 6) is -0.120. The molecule has 1 aliphatic rings. The van der Waals surface area contributed by atoms with E-state index in [1.165, 1.54) is 0 Å². The van der Waals surface area contributed by atoms with Gasteiger partial charge in [-0.25, -0.2) is 0 Å². The maximum Gasteiger partial charge on any atom is 0.323 e. The van der Waals surface area contributed by atoms with Crippen molar-refractivity contribution < 1.29 is 14.3 Å². The highest BCUT2D eigenvalue weighted by atomic mass is 16.5. The van der Waals surface area contributed by atoms with Gasteiger partial charge in [0.15, 0.2) is 0 Å². The van der Waals surface area contributed by atoms with Gasteiger partial charge in [-0.15, -0.1) is 0 Å². The number of likely N-dealkylation sites (N-methyl/N-ethyl adjacent to an activating group) is 1. The highest BCUT2D eigenvalue weighted by molar-refractivity contribution is 5.75. The van der Waals surface area contributed by atoms with Crippen LogP contribution in [0.3, 0.4) is 0 Å². The third kappa shape index (κ3) is 3.76. The van der Waals surface area contributed by atoms with Crippen molar-refractivity contribution in [3.63, 3.8) is 0 Å². The zero-order valence-corrected chi connectivity index (χ0v) is 10.6. The molecule has 16 heavy (non-hydrogen) atoms. The van der Waals surface area contributed by atoms with E-state index in [9.17, 15) is 4.79 Å². The van der Waals surface area contributed by atoms with Crippen molar-refractivity contribution in [2.24, 2.45) is 0 Å². The molecule has 0 spiro atoms. The molecule has 2 atom stereocenters. The fraction of sp³-hybridized carbons (Fsp3) is 0.917. The van der Waals surface area contributed by atoms with Crippen LogP contribution in [0.2, 0.25) is 0 Å². The summed E-state index contributed by atoms with van der Waals surface area (Å²) in [6, 6.07) is -0.135. The number of hydrogen-bond acceptors (Lipinski definition) is 4. The van der Waals surface area contributed by atoms with Gasteiger partial charge < -0.3 is 9.47 Å². The minimum Gasteiger partial charge on any atom is -0.465 e.